The second kappa shape index (κ2) is 15.6. The van der Waals surface area contributed by atoms with Gasteiger partial charge in [0, 0.05) is 23.7 Å². The highest BCUT2D eigenvalue weighted by atomic mass is 16.5. The van der Waals surface area contributed by atoms with Crippen LogP contribution < -0.4 is 10.6 Å². The summed E-state index contributed by atoms with van der Waals surface area (Å²) >= 11 is 0. The number of carbonyl (C=O) groups excluding carboxylic acids is 4. The number of ether oxygens (including phenoxy) is 2. The van der Waals surface area contributed by atoms with E-state index in [1.165, 1.54) is 14.2 Å². The molecule has 0 spiro atoms. The van der Waals surface area contributed by atoms with Crippen molar-refractivity contribution in [1.29, 1.82) is 0 Å². The van der Waals surface area contributed by atoms with E-state index in [1.807, 2.05) is 77.7 Å². The molecule has 3 aliphatic heterocycles. The van der Waals surface area contributed by atoms with Gasteiger partial charge in [0.2, 0.25) is 5.91 Å². The fourth-order valence-corrected chi connectivity index (χ4v) is 8.15. The van der Waals surface area contributed by atoms with Crippen LogP contribution >= 0.6 is 0 Å². The number of imidazole rings is 2. The summed E-state index contributed by atoms with van der Waals surface area (Å²) in [5, 5.41) is 5.38. The van der Waals surface area contributed by atoms with Gasteiger partial charge in [-0.1, -0.05) is 54.3 Å². The van der Waals surface area contributed by atoms with Crippen molar-refractivity contribution in [2.75, 3.05) is 20.8 Å². The molecular formula is C42H42N8O6. The average Bonchev–Trinajstić information content (AvgIpc) is 4.06. The Kier molecular flexibility index (Phi) is 10.1. The molecular weight excluding hydrogens is 713 g/mol. The molecule has 0 radical (unpaired) electrons. The van der Waals surface area contributed by atoms with E-state index in [1.54, 1.807) is 11.1 Å². The largest absolute Gasteiger partial charge is 0.453 e. The number of piperidine rings is 1. The minimum atomic E-state index is -0.888. The van der Waals surface area contributed by atoms with Crippen LogP contribution in [0, 0.1) is 11.8 Å². The third-order valence-electron chi connectivity index (χ3n) is 11.0. The number of amides is 4. The van der Waals surface area contributed by atoms with Crippen LogP contribution in [0.4, 0.5) is 9.59 Å². The predicted molar refractivity (Wildman–Crippen MR) is 206 cm³/mol. The maximum atomic E-state index is 13.9. The van der Waals surface area contributed by atoms with Gasteiger partial charge in [-0.3, -0.25) is 9.59 Å². The lowest BCUT2D eigenvalue weighted by Gasteiger charge is -2.37. The van der Waals surface area contributed by atoms with Crippen LogP contribution in [0.25, 0.3) is 22.3 Å². The summed E-state index contributed by atoms with van der Waals surface area (Å²) in [6.07, 6.45) is 5.17. The number of aromatic nitrogens is 4. The summed E-state index contributed by atoms with van der Waals surface area (Å²) in [7, 11) is 2.57. The van der Waals surface area contributed by atoms with Gasteiger partial charge in [0.1, 0.15) is 23.7 Å². The number of aromatic amines is 2. The van der Waals surface area contributed by atoms with Crippen LogP contribution in [-0.4, -0.2) is 86.6 Å². The number of H-pyrrole nitrogens is 2. The number of fused-ring (bicyclic) bond motifs is 2. The van der Waals surface area contributed by atoms with E-state index in [-0.39, 0.29) is 29.9 Å². The molecule has 0 aliphatic carbocycles. The quantitative estimate of drug-likeness (QED) is 0.154. The number of methoxy groups -OCH3 is 2. The summed E-state index contributed by atoms with van der Waals surface area (Å²) in [4.78, 5) is 71.3. The lowest BCUT2D eigenvalue weighted by molar-refractivity contribution is -0.139. The third kappa shape index (κ3) is 7.27. The number of rotatable bonds is 7. The Balaban J connectivity index is 0.940. The zero-order chi connectivity index (χ0) is 38.8. The Morgan fingerprint density at radius 3 is 2.38 bits per heavy atom. The van der Waals surface area contributed by atoms with E-state index in [0.29, 0.717) is 24.4 Å². The van der Waals surface area contributed by atoms with E-state index in [0.717, 1.165) is 71.3 Å². The number of hydrogen-bond acceptors (Lipinski definition) is 8. The predicted octanol–water partition coefficient (Wildman–Crippen LogP) is 5.66. The zero-order valence-electron chi connectivity index (χ0n) is 31.1. The maximum absolute atomic E-state index is 13.9. The van der Waals surface area contributed by atoms with E-state index < -0.39 is 24.3 Å². The molecule has 3 saturated heterocycles. The molecule has 3 aromatic carbocycles. The molecule has 14 heteroatoms. The molecule has 0 saturated carbocycles. The second-order valence-electron chi connectivity index (χ2n) is 14.3. The first kappa shape index (κ1) is 36.4. The molecule has 5 heterocycles. The smallest absolute Gasteiger partial charge is 0.407 e. The number of benzene rings is 3. The Labute approximate surface area is 323 Å². The van der Waals surface area contributed by atoms with Crippen LogP contribution in [0.15, 0.2) is 79.0 Å². The van der Waals surface area contributed by atoms with E-state index in [4.69, 9.17) is 14.5 Å². The molecule has 5 aromatic rings. The third-order valence-corrected chi connectivity index (χ3v) is 11.0. The van der Waals surface area contributed by atoms with Crippen LogP contribution in [0.3, 0.4) is 0 Å². The summed E-state index contributed by atoms with van der Waals surface area (Å²) in [5.74, 6) is 7.61. The highest BCUT2D eigenvalue weighted by molar-refractivity contribution is 5.88. The number of likely N-dealkylation sites (tertiary alicyclic amines) is 1. The minimum Gasteiger partial charge on any atom is -0.453 e. The number of carbonyl (C=O) groups is 4. The minimum absolute atomic E-state index is 0.0989. The lowest BCUT2D eigenvalue weighted by atomic mass is 9.98. The molecule has 14 nitrogen and oxygen atoms in total. The summed E-state index contributed by atoms with van der Waals surface area (Å²) < 4.78 is 9.54. The molecule has 0 bridgehead atoms. The maximum Gasteiger partial charge on any atom is 0.407 e. The normalized spacial score (nSPS) is 20.9. The number of hydrogen-bond donors (Lipinski definition) is 4. The fourth-order valence-electron chi connectivity index (χ4n) is 8.15. The van der Waals surface area contributed by atoms with Crippen molar-refractivity contribution in [3.8, 4) is 23.1 Å². The van der Waals surface area contributed by atoms with Gasteiger partial charge in [-0.2, -0.15) is 0 Å². The standard InChI is InChI=1S/C42H42N8O6/c1-55-41(53)47-31-20-17-29-18-21-35(50(29)39(31)51)37-43-24-33(46-37)27-15-12-25(13-16-27)10-11-26-14-19-30-32(23-26)45-38(44-30)34-9-6-22-49(34)40(52)36(48-42(54)56-2)28-7-4-3-5-8-28/h3-5,7-8,12-16,19,23-24,29,31,34-36H,6,9,17-18,20-22H2,1-2H3,(H,43,46)(H,44,45)(H,47,53)(H,48,54). The molecule has 4 N–H and O–H groups in total. The molecule has 3 fully saturated rings. The topological polar surface area (TPSA) is 175 Å². The van der Waals surface area contributed by atoms with Crippen molar-refractivity contribution < 1.29 is 28.7 Å². The molecule has 3 aliphatic rings. The van der Waals surface area contributed by atoms with Gasteiger partial charge in [0.05, 0.1) is 49.2 Å². The van der Waals surface area contributed by atoms with Gasteiger partial charge in [0.15, 0.2) is 0 Å². The Morgan fingerprint density at radius 1 is 0.839 bits per heavy atom. The Hall–Kier alpha value is -6.62. The fraction of sp³-hybridized carbons (Fsp3) is 0.333. The monoisotopic (exact) mass is 754 g/mol. The Bertz CT molecular complexity index is 2330. The summed E-state index contributed by atoms with van der Waals surface area (Å²) in [6, 6.07) is 21.0. The van der Waals surface area contributed by atoms with Gasteiger partial charge < -0.3 is 39.9 Å². The highest BCUT2D eigenvalue weighted by Crippen LogP contribution is 2.40. The summed E-state index contributed by atoms with van der Waals surface area (Å²) in [5.41, 5.74) is 5.71. The Morgan fingerprint density at radius 2 is 1.59 bits per heavy atom. The van der Waals surface area contributed by atoms with Gasteiger partial charge in [-0.25, -0.2) is 19.6 Å². The second-order valence-corrected chi connectivity index (χ2v) is 14.3. The van der Waals surface area contributed by atoms with Crippen molar-refractivity contribution in [3.63, 3.8) is 0 Å². The van der Waals surface area contributed by atoms with E-state index >= 15 is 0 Å². The van der Waals surface area contributed by atoms with Crippen molar-refractivity contribution in [2.45, 2.75) is 68.7 Å². The first-order valence-electron chi connectivity index (χ1n) is 18.8. The lowest BCUT2D eigenvalue weighted by Crippen LogP contribution is -2.54. The van der Waals surface area contributed by atoms with Crippen LogP contribution in [0.1, 0.15) is 85.0 Å². The first-order valence-corrected chi connectivity index (χ1v) is 18.8. The van der Waals surface area contributed by atoms with E-state index in [9.17, 15) is 19.2 Å². The van der Waals surface area contributed by atoms with Gasteiger partial charge in [-0.05, 0) is 80.0 Å². The average molecular weight is 755 g/mol. The number of nitrogens with zero attached hydrogens (tertiary/aromatic N) is 4. The van der Waals surface area contributed by atoms with Crippen LogP contribution in [0.2, 0.25) is 0 Å². The molecule has 4 amide bonds. The van der Waals surface area contributed by atoms with Crippen molar-refractivity contribution >= 4 is 35.0 Å². The van der Waals surface area contributed by atoms with E-state index in [2.05, 4.69) is 37.4 Å². The molecule has 56 heavy (non-hydrogen) atoms. The molecule has 2 aromatic heterocycles. The van der Waals surface area contributed by atoms with Crippen molar-refractivity contribution in [3.05, 3.63) is 107 Å². The number of alkyl carbamates (subject to hydrolysis) is 2. The molecule has 286 valence electrons. The SMILES string of the molecule is COC(=O)NC1CCC2CCC(c3ncc(-c4ccc(C#Cc5ccc6nc(C7CCCN7C(=O)C(NC(=O)OC)c7ccccc7)[nH]c6c5)cc4)[nH]3)N2C1=O. The van der Waals surface area contributed by atoms with Crippen LogP contribution in [0.5, 0.6) is 0 Å². The van der Waals surface area contributed by atoms with Gasteiger partial charge in [0.25, 0.3) is 5.91 Å². The van der Waals surface area contributed by atoms with Crippen molar-refractivity contribution in [1.82, 2.24) is 40.4 Å². The zero-order valence-corrected chi connectivity index (χ0v) is 31.1. The molecule has 5 atom stereocenters. The van der Waals surface area contributed by atoms with Gasteiger partial charge >= 0.3 is 12.2 Å². The van der Waals surface area contributed by atoms with Crippen molar-refractivity contribution in [2.24, 2.45) is 0 Å². The summed E-state index contributed by atoms with van der Waals surface area (Å²) in [6.45, 7) is 0.544. The number of nitrogens with one attached hydrogen (secondary N) is 4. The molecule has 8 rings (SSSR count). The highest BCUT2D eigenvalue weighted by Gasteiger charge is 2.45. The van der Waals surface area contributed by atoms with Gasteiger partial charge in [-0.15, -0.1) is 0 Å². The first-order chi connectivity index (χ1) is 27.3. The van der Waals surface area contributed by atoms with Crippen LogP contribution in [-0.2, 0) is 19.1 Å². The molecule has 5 unspecified atom stereocenters.